The van der Waals surface area contributed by atoms with Gasteiger partial charge in [0.05, 0.1) is 12.1 Å². The molecule has 0 saturated carbocycles. The SMILES string of the molecule is CC(NO)c1ccc(Oc2cccc(Oc3ccc(C(C)NO)cc3)c2)cc1. The number of rotatable bonds is 8. The van der Waals surface area contributed by atoms with Gasteiger partial charge in [0, 0.05) is 6.07 Å². The summed E-state index contributed by atoms with van der Waals surface area (Å²) < 4.78 is 11.8. The molecule has 0 bridgehead atoms. The van der Waals surface area contributed by atoms with Gasteiger partial charge in [-0.2, -0.15) is 11.0 Å². The van der Waals surface area contributed by atoms with Crippen LogP contribution in [0.15, 0.2) is 72.8 Å². The normalized spacial score (nSPS) is 13.0. The molecule has 3 rings (SSSR count). The maximum absolute atomic E-state index is 8.99. The zero-order valence-corrected chi connectivity index (χ0v) is 15.8. The Labute approximate surface area is 164 Å². The molecule has 146 valence electrons. The second-order valence-electron chi connectivity index (χ2n) is 6.52. The first-order chi connectivity index (χ1) is 13.6. The molecule has 28 heavy (non-hydrogen) atoms. The van der Waals surface area contributed by atoms with Crippen LogP contribution in [-0.4, -0.2) is 10.4 Å². The smallest absolute Gasteiger partial charge is 0.131 e. The lowest BCUT2D eigenvalue weighted by atomic mass is 10.1. The van der Waals surface area contributed by atoms with Crippen molar-refractivity contribution in [2.75, 3.05) is 0 Å². The lowest BCUT2D eigenvalue weighted by Gasteiger charge is -2.12. The van der Waals surface area contributed by atoms with E-state index in [0.29, 0.717) is 23.0 Å². The van der Waals surface area contributed by atoms with Crippen LogP contribution in [0.4, 0.5) is 0 Å². The second kappa shape index (κ2) is 9.34. The van der Waals surface area contributed by atoms with Crippen LogP contribution in [-0.2, 0) is 0 Å². The van der Waals surface area contributed by atoms with Crippen LogP contribution < -0.4 is 20.4 Å². The Morgan fingerprint density at radius 2 is 1.00 bits per heavy atom. The highest BCUT2D eigenvalue weighted by molar-refractivity contribution is 5.40. The molecule has 0 saturated heterocycles. The third kappa shape index (κ3) is 5.09. The Morgan fingerprint density at radius 3 is 1.36 bits per heavy atom. The summed E-state index contributed by atoms with van der Waals surface area (Å²) >= 11 is 0. The molecular weight excluding hydrogens is 356 g/mol. The van der Waals surface area contributed by atoms with Crippen molar-refractivity contribution in [3.63, 3.8) is 0 Å². The fourth-order valence-electron chi connectivity index (χ4n) is 2.67. The third-order valence-electron chi connectivity index (χ3n) is 4.42. The molecule has 0 amide bonds. The fraction of sp³-hybridized carbons (Fsp3) is 0.182. The summed E-state index contributed by atoms with van der Waals surface area (Å²) in [6.45, 7) is 3.73. The maximum atomic E-state index is 8.99. The molecule has 2 unspecified atom stereocenters. The van der Waals surface area contributed by atoms with E-state index in [1.807, 2.05) is 86.6 Å². The van der Waals surface area contributed by atoms with Gasteiger partial charge in [-0.15, -0.1) is 0 Å². The second-order valence-corrected chi connectivity index (χ2v) is 6.52. The van der Waals surface area contributed by atoms with E-state index in [-0.39, 0.29) is 12.1 Å². The van der Waals surface area contributed by atoms with Gasteiger partial charge < -0.3 is 19.9 Å². The highest BCUT2D eigenvalue weighted by Crippen LogP contribution is 2.29. The first kappa shape index (κ1) is 19.9. The predicted molar refractivity (Wildman–Crippen MR) is 106 cm³/mol. The van der Waals surface area contributed by atoms with Crippen molar-refractivity contribution in [1.82, 2.24) is 11.0 Å². The largest absolute Gasteiger partial charge is 0.457 e. The molecular formula is C22H24N2O4. The summed E-state index contributed by atoms with van der Waals surface area (Å²) in [6, 6.07) is 22.1. The van der Waals surface area contributed by atoms with Gasteiger partial charge in [-0.3, -0.25) is 0 Å². The van der Waals surface area contributed by atoms with Crippen LogP contribution in [0.2, 0.25) is 0 Å². The van der Waals surface area contributed by atoms with Crippen molar-refractivity contribution in [1.29, 1.82) is 0 Å². The average Bonchev–Trinajstić information content (AvgIpc) is 2.74. The van der Waals surface area contributed by atoms with Crippen LogP contribution in [0.1, 0.15) is 37.1 Å². The number of benzene rings is 3. The summed E-state index contributed by atoms with van der Waals surface area (Å²) in [7, 11) is 0. The monoisotopic (exact) mass is 380 g/mol. The van der Waals surface area contributed by atoms with Crippen molar-refractivity contribution < 1.29 is 19.9 Å². The molecule has 3 aromatic carbocycles. The van der Waals surface area contributed by atoms with E-state index in [0.717, 1.165) is 11.1 Å². The Morgan fingerprint density at radius 1 is 0.607 bits per heavy atom. The first-order valence-corrected chi connectivity index (χ1v) is 9.04. The molecule has 0 spiro atoms. The highest BCUT2D eigenvalue weighted by atomic mass is 16.5. The highest BCUT2D eigenvalue weighted by Gasteiger charge is 2.06. The van der Waals surface area contributed by atoms with E-state index in [1.54, 1.807) is 0 Å². The molecule has 0 aliphatic carbocycles. The van der Waals surface area contributed by atoms with Gasteiger partial charge >= 0.3 is 0 Å². The number of nitrogens with one attached hydrogen (secondary N) is 2. The van der Waals surface area contributed by atoms with E-state index in [9.17, 15) is 0 Å². The van der Waals surface area contributed by atoms with Crippen molar-refractivity contribution in [3.05, 3.63) is 83.9 Å². The topological polar surface area (TPSA) is 83.0 Å². The van der Waals surface area contributed by atoms with Crippen LogP contribution >= 0.6 is 0 Å². The molecule has 0 heterocycles. The quantitative estimate of drug-likeness (QED) is 0.394. The van der Waals surface area contributed by atoms with E-state index in [4.69, 9.17) is 19.9 Å². The van der Waals surface area contributed by atoms with Gasteiger partial charge in [0.2, 0.25) is 0 Å². The Bertz CT molecular complexity index is 811. The van der Waals surface area contributed by atoms with Gasteiger partial charge in [0.25, 0.3) is 0 Å². The summed E-state index contributed by atoms with van der Waals surface area (Å²) in [6.07, 6.45) is 0. The van der Waals surface area contributed by atoms with Crippen molar-refractivity contribution in [2.24, 2.45) is 0 Å². The van der Waals surface area contributed by atoms with Crippen molar-refractivity contribution in [3.8, 4) is 23.0 Å². The number of ether oxygens (including phenoxy) is 2. The average molecular weight is 380 g/mol. The lowest BCUT2D eigenvalue weighted by Crippen LogP contribution is -2.12. The van der Waals surface area contributed by atoms with Crippen molar-refractivity contribution >= 4 is 0 Å². The minimum Gasteiger partial charge on any atom is -0.457 e. The molecule has 0 radical (unpaired) electrons. The van der Waals surface area contributed by atoms with Crippen LogP contribution in [0.5, 0.6) is 23.0 Å². The zero-order chi connectivity index (χ0) is 19.9. The molecule has 6 heteroatoms. The molecule has 2 atom stereocenters. The summed E-state index contributed by atoms with van der Waals surface area (Å²) in [4.78, 5) is 0. The molecule has 0 aliphatic rings. The minimum absolute atomic E-state index is 0.145. The number of hydroxylamine groups is 2. The molecule has 4 N–H and O–H groups in total. The first-order valence-electron chi connectivity index (χ1n) is 9.04. The van der Waals surface area contributed by atoms with Gasteiger partial charge in [-0.05, 0) is 61.4 Å². The third-order valence-corrected chi connectivity index (χ3v) is 4.42. The maximum Gasteiger partial charge on any atom is 0.131 e. The standard InChI is InChI=1S/C22H24N2O4/c1-15(23-25)17-6-10-19(11-7-17)27-21-4-3-5-22(14-21)28-20-12-8-18(9-13-20)16(2)24-26/h3-16,23-26H,1-2H3. The van der Waals surface area contributed by atoms with Crippen LogP contribution in [0, 0.1) is 0 Å². The molecule has 0 aromatic heterocycles. The lowest BCUT2D eigenvalue weighted by molar-refractivity contribution is 0.133. The Hall–Kier alpha value is -2.90. The molecule has 6 nitrogen and oxygen atoms in total. The molecule has 0 aliphatic heterocycles. The van der Waals surface area contributed by atoms with Gasteiger partial charge in [-0.1, -0.05) is 30.3 Å². The summed E-state index contributed by atoms with van der Waals surface area (Å²) in [5.74, 6) is 2.71. The van der Waals surface area contributed by atoms with Crippen LogP contribution in [0.25, 0.3) is 0 Å². The summed E-state index contributed by atoms with van der Waals surface area (Å²) in [5, 5.41) is 18.0. The van der Waals surface area contributed by atoms with Crippen LogP contribution in [0.3, 0.4) is 0 Å². The minimum atomic E-state index is -0.145. The van der Waals surface area contributed by atoms with E-state index in [2.05, 4.69) is 11.0 Å². The molecule has 0 fully saturated rings. The van der Waals surface area contributed by atoms with E-state index >= 15 is 0 Å². The van der Waals surface area contributed by atoms with E-state index in [1.165, 1.54) is 0 Å². The van der Waals surface area contributed by atoms with Gasteiger partial charge in [-0.25, -0.2) is 0 Å². The van der Waals surface area contributed by atoms with Gasteiger partial charge in [0.1, 0.15) is 23.0 Å². The van der Waals surface area contributed by atoms with Gasteiger partial charge in [0.15, 0.2) is 0 Å². The van der Waals surface area contributed by atoms with E-state index < -0.39 is 0 Å². The Balaban J connectivity index is 1.67. The number of hydrogen-bond acceptors (Lipinski definition) is 6. The molecule has 3 aromatic rings. The number of hydrogen-bond donors (Lipinski definition) is 4. The Kier molecular flexibility index (Phi) is 6.62. The fourth-order valence-corrected chi connectivity index (χ4v) is 2.67. The predicted octanol–water partition coefficient (Wildman–Crippen LogP) is 5.35. The zero-order valence-electron chi connectivity index (χ0n) is 15.8. The summed E-state index contributed by atoms with van der Waals surface area (Å²) in [5.41, 5.74) is 6.36. The van der Waals surface area contributed by atoms with Crippen molar-refractivity contribution in [2.45, 2.75) is 25.9 Å².